The van der Waals surface area contributed by atoms with Crippen LogP contribution in [0.4, 0.5) is 5.82 Å². The van der Waals surface area contributed by atoms with Crippen LogP contribution in [0, 0.1) is 11.3 Å². The second kappa shape index (κ2) is 7.33. The van der Waals surface area contributed by atoms with E-state index in [1.165, 1.54) is 0 Å². The van der Waals surface area contributed by atoms with E-state index in [2.05, 4.69) is 52.8 Å². The number of anilines is 1. The molecule has 1 aliphatic rings. The van der Waals surface area contributed by atoms with Gasteiger partial charge in [-0.05, 0) is 56.1 Å². The molecule has 0 unspecified atom stereocenters. The number of aromatic amines is 1. The Balaban J connectivity index is 1.53. The standard InChI is InChI=1S/C19H15Br2N5O/c20-15-8-13-14(11-24-17(13)9-16(15)21)19(27)26-6-4-25(5-7-26)18-12(10-22)2-1-3-23-18/h1-3,8-9,11,24H,4-7H2. The Bertz CT molecular complexity index is 1060. The number of nitriles is 1. The molecule has 0 spiro atoms. The van der Waals surface area contributed by atoms with Crippen molar-refractivity contribution in [3.05, 3.63) is 56.7 Å². The van der Waals surface area contributed by atoms with Crippen molar-refractivity contribution in [3.8, 4) is 6.07 Å². The number of benzene rings is 1. The molecule has 2 aromatic heterocycles. The molecule has 6 nitrogen and oxygen atoms in total. The molecule has 1 aliphatic heterocycles. The number of carbonyl (C=O) groups is 1. The monoisotopic (exact) mass is 487 g/mol. The summed E-state index contributed by atoms with van der Waals surface area (Å²) < 4.78 is 1.85. The second-order valence-electron chi connectivity index (χ2n) is 6.28. The average molecular weight is 489 g/mol. The number of aromatic nitrogens is 2. The number of pyridine rings is 1. The lowest BCUT2D eigenvalue weighted by atomic mass is 10.1. The lowest BCUT2D eigenvalue weighted by Gasteiger charge is -2.35. The molecular formula is C19H15Br2N5O. The number of nitrogens with one attached hydrogen (secondary N) is 1. The lowest BCUT2D eigenvalue weighted by Crippen LogP contribution is -2.49. The van der Waals surface area contributed by atoms with Crippen molar-refractivity contribution in [1.29, 1.82) is 5.26 Å². The van der Waals surface area contributed by atoms with Crippen molar-refractivity contribution >= 4 is 54.5 Å². The third kappa shape index (κ3) is 3.33. The van der Waals surface area contributed by atoms with E-state index in [9.17, 15) is 10.1 Å². The van der Waals surface area contributed by atoms with E-state index < -0.39 is 0 Å². The molecule has 0 saturated carbocycles. The Morgan fingerprint density at radius 1 is 1.19 bits per heavy atom. The molecule has 3 heterocycles. The maximum atomic E-state index is 13.0. The summed E-state index contributed by atoms with van der Waals surface area (Å²) in [5, 5.41) is 10.2. The third-order valence-electron chi connectivity index (χ3n) is 4.73. The van der Waals surface area contributed by atoms with E-state index in [1.807, 2.05) is 17.0 Å². The zero-order valence-corrected chi connectivity index (χ0v) is 17.4. The smallest absolute Gasteiger partial charge is 0.256 e. The Hall–Kier alpha value is -2.37. The van der Waals surface area contributed by atoms with E-state index in [0.29, 0.717) is 43.1 Å². The number of rotatable bonds is 2. The molecule has 27 heavy (non-hydrogen) atoms. The zero-order chi connectivity index (χ0) is 19.0. The highest BCUT2D eigenvalue weighted by atomic mass is 79.9. The normalized spacial score (nSPS) is 14.4. The minimum Gasteiger partial charge on any atom is -0.360 e. The van der Waals surface area contributed by atoms with Gasteiger partial charge in [-0.2, -0.15) is 5.26 Å². The van der Waals surface area contributed by atoms with Gasteiger partial charge in [-0.1, -0.05) is 0 Å². The zero-order valence-electron chi connectivity index (χ0n) is 14.2. The molecule has 1 saturated heterocycles. The van der Waals surface area contributed by atoms with Crippen molar-refractivity contribution in [2.75, 3.05) is 31.1 Å². The molecule has 8 heteroatoms. The van der Waals surface area contributed by atoms with Crippen LogP contribution >= 0.6 is 31.9 Å². The minimum atomic E-state index is 0.0108. The largest absolute Gasteiger partial charge is 0.360 e. The molecule has 1 N–H and O–H groups in total. The number of hydrogen-bond donors (Lipinski definition) is 1. The van der Waals surface area contributed by atoms with Gasteiger partial charge in [0.25, 0.3) is 5.91 Å². The first-order valence-corrected chi connectivity index (χ1v) is 10.0. The summed E-state index contributed by atoms with van der Waals surface area (Å²) in [7, 11) is 0. The van der Waals surface area contributed by atoms with Crippen LogP contribution in [0.15, 0.2) is 45.6 Å². The highest BCUT2D eigenvalue weighted by Crippen LogP contribution is 2.30. The summed E-state index contributed by atoms with van der Waals surface area (Å²) in [6.07, 6.45) is 3.46. The number of hydrogen-bond acceptors (Lipinski definition) is 4. The molecular weight excluding hydrogens is 474 g/mol. The Morgan fingerprint density at radius 3 is 2.67 bits per heavy atom. The maximum absolute atomic E-state index is 13.0. The molecule has 4 rings (SSSR count). The van der Waals surface area contributed by atoms with Crippen molar-refractivity contribution in [3.63, 3.8) is 0 Å². The summed E-state index contributed by atoms with van der Waals surface area (Å²) in [5.41, 5.74) is 2.14. The molecule has 1 fully saturated rings. The van der Waals surface area contributed by atoms with E-state index in [4.69, 9.17) is 0 Å². The predicted molar refractivity (Wildman–Crippen MR) is 111 cm³/mol. The fourth-order valence-electron chi connectivity index (χ4n) is 3.32. The van der Waals surface area contributed by atoms with Gasteiger partial charge in [-0.25, -0.2) is 4.98 Å². The first-order valence-electron chi connectivity index (χ1n) is 8.44. The van der Waals surface area contributed by atoms with Crippen molar-refractivity contribution < 1.29 is 4.79 Å². The van der Waals surface area contributed by atoms with Crippen molar-refractivity contribution in [2.45, 2.75) is 0 Å². The van der Waals surface area contributed by atoms with Gasteiger partial charge < -0.3 is 14.8 Å². The number of piperazine rings is 1. The van der Waals surface area contributed by atoms with Gasteiger partial charge >= 0.3 is 0 Å². The van der Waals surface area contributed by atoms with E-state index >= 15 is 0 Å². The van der Waals surface area contributed by atoms with Gasteiger partial charge in [0.05, 0.1) is 11.1 Å². The molecule has 1 amide bonds. The van der Waals surface area contributed by atoms with Gasteiger partial charge in [0.1, 0.15) is 11.9 Å². The average Bonchev–Trinajstić information content (AvgIpc) is 3.10. The molecule has 136 valence electrons. The number of amides is 1. The van der Waals surface area contributed by atoms with Crippen LogP contribution in [0.3, 0.4) is 0 Å². The summed E-state index contributed by atoms with van der Waals surface area (Å²) in [5.74, 6) is 0.699. The van der Waals surface area contributed by atoms with E-state index in [1.54, 1.807) is 24.5 Å². The summed E-state index contributed by atoms with van der Waals surface area (Å²) in [6.45, 7) is 2.47. The number of H-pyrrole nitrogens is 1. The van der Waals surface area contributed by atoms with Crippen LogP contribution in [0.5, 0.6) is 0 Å². The van der Waals surface area contributed by atoms with Crippen LogP contribution < -0.4 is 4.90 Å². The highest BCUT2D eigenvalue weighted by molar-refractivity contribution is 9.13. The van der Waals surface area contributed by atoms with Gasteiger partial charge in [-0.15, -0.1) is 0 Å². The molecule has 0 radical (unpaired) electrons. The highest BCUT2D eigenvalue weighted by Gasteiger charge is 2.25. The van der Waals surface area contributed by atoms with Crippen LogP contribution in [0.1, 0.15) is 15.9 Å². The third-order valence-corrected chi connectivity index (χ3v) is 6.57. The fourth-order valence-corrected chi connectivity index (χ4v) is 4.01. The number of fused-ring (bicyclic) bond motifs is 1. The lowest BCUT2D eigenvalue weighted by molar-refractivity contribution is 0.0748. The maximum Gasteiger partial charge on any atom is 0.256 e. The SMILES string of the molecule is N#Cc1cccnc1N1CCN(C(=O)c2c[nH]c3cc(Br)c(Br)cc23)CC1. The summed E-state index contributed by atoms with van der Waals surface area (Å²) >= 11 is 6.99. The molecule has 1 aromatic carbocycles. The molecule has 0 bridgehead atoms. The quantitative estimate of drug-likeness (QED) is 0.593. The Morgan fingerprint density at radius 2 is 1.93 bits per heavy atom. The van der Waals surface area contributed by atoms with Crippen molar-refractivity contribution in [1.82, 2.24) is 14.9 Å². The first kappa shape index (κ1) is 18.0. The molecule has 3 aromatic rings. The van der Waals surface area contributed by atoms with Gasteiger partial charge in [0, 0.05) is 58.4 Å². The summed E-state index contributed by atoms with van der Waals surface area (Å²) in [6, 6.07) is 9.61. The van der Waals surface area contributed by atoms with Crippen LogP contribution in [-0.2, 0) is 0 Å². The molecule has 0 aliphatic carbocycles. The van der Waals surface area contributed by atoms with Gasteiger partial charge in [-0.3, -0.25) is 4.79 Å². The minimum absolute atomic E-state index is 0.0108. The topological polar surface area (TPSA) is 76.0 Å². The van der Waals surface area contributed by atoms with E-state index in [-0.39, 0.29) is 5.91 Å². The Kier molecular flexibility index (Phi) is 4.89. The molecule has 0 atom stereocenters. The second-order valence-corrected chi connectivity index (χ2v) is 7.99. The predicted octanol–water partition coefficient (Wildman–Crippen LogP) is 3.92. The Labute approximate surface area is 173 Å². The van der Waals surface area contributed by atoms with Crippen LogP contribution in [-0.4, -0.2) is 47.0 Å². The first-order chi connectivity index (χ1) is 13.1. The fraction of sp³-hybridized carbons (Fsp3) is 0.211. The number of carbonyl (C=O) groups excluding carboxylic acids is 1. The van der Waals surface area contributed by atoms with Crippen molar-refractivity contribution in [2.24, 2.45) is 0 Å². The van der Waals surface area contributed by atoms with Crippen LogP contribution in [0.2, 0.25) is 0 Å². The van der Waals surface area contributed by atoms with Crippen LogP contribution in [0.25, 0.3) is 10.9 Å². The number of halogens is 2. The van der Waals surface area contributed by atoms with Gasteiger partial charge in [0.2, 0.25) is 0 Å². The summed E-state index contributed by atoms with van der Waals surface area (Å²) in [4.78, 5) is 24.5. The number of nitrogens with zero attached hydrogens (tertiary/aromatic N) is 4. The van der Waals surface area contributed by atoms with E-state index in [0.717, 1.165) is 19.8 Å². The van der Waals surface area contributed by atoms with Gasteiger partial charge in [0.15, 0.2) is 0 Å².